The van der Waals surface area contributed by atoms with Gasteiger partial charge in [-0.15, -0.1) is 17.8 Å². The minimum absolute atomic E-state index is 0.218. The van der Waals surface area contributed by atoms with Gasteiger partial charge in [0.05, 0.1) is 11.9 Å². The lowest BCUT2D eigenvalue weighted by molar-refractivity contribution is 0.0695. The zero-order valence-electron chi connectivity index (χ0n) is 10.8. The van der Waals surface area contributed by atoms with E-state index in [-0.39, 0.29) is 12.1 Å². The molecule has 0 amide bonds. The van der Waals surface area contributed by atoms with Gasteiger partial charge in [-0.05, 0) is 13.0 Å². The third-order valence-electron chi connectivity index (χ3n) is 2.74. The smallest absolute Gasteiger partial charge is 0.341 e. The van der Waals surface area contributed by atoms with Gasteiger partial charge < -0.3 is 9.67 Å². The number of carbonyl (C=O) groups is 1. The summed E-state index contributed by atoms with van der Waals surface area (Å²) in [5.41, 5.74) is -0.686. The largest absolute Gasteiger partial charge is 0.477 e. The van der Waals surface area contributed by atoms with Crippen molar-refractivity contribution in [3.63, 3.8) is 0 Å². The Morgan fingerprint density at radius 2 is 2.40 bits per heavy atom. The summed E-state index contributed by atoms with van der Waals surface area (Å²) in [4.78, 5) is 28.7. The number of terminal acetylenes is 1. The number of carboxylic acids is 1. The van der Waals surface area contributed by atoms with Crippen LogP contribution in [0.4, 0.5) is 0 Å². The number of aliphatic imine (C=N–C) groups is 1. The second-order valence-electron chi connectivity index (χ2n) is 4.00. The van der Waals surface area contributed by atoms with E-state index in [0.717, 1.165) is 9.71 Å². The van der Waals surface area contributed by atoms with Crippen LogP contribution < -0.4 is 5.43 Å². The first-order valence-electron chi connectivity index (χ1n) is 5.92. The molecule has 102 valence electrons. The number of pyridine rings is 1. The summed E-state index contributed by atoms with van der Waals surface area (Å²) in [7, 11) is 0. The fraction of sp³-hybridized carbons (Fsp3) is 0.214. The molecular formula is C14H12N2O3S. The Hall–Kier alpha value is -2.39. The topological polar surface area (TPSA) is 71.7 Å². The van der Waals surface area contributed by atoms with Gasteiger partial charge in [-0.1, -0.05) is 5.92 Å². The number of rotatable bonds is 4. The molecule has 0 spiro atoms. The lowest BCUT2D eigenvalue weighted by Gasteiger charge is -2.05. The molecule has 0 radical (unpaired) electrons. The van der Waals surface area contributed by atoms with Crippen molar-refractivity contribution in [1.82, 2.24) is 4.57 Å². The summed E-state index contributed by atoms with van der Waals surface area (Å²) in [6.45, 7) is 2.74. The van der Waals surface area contributed by atoms with Gasteiger partial charge in [-0.3, -0.25) is 9.79 Å². The SMILES string of the molecule is C#CCN=Cc1cc2c(=O)c(C(=O)O)cn(CC)c2s1. The quantitative estimate of drug-likeness (QED) is 0.689. The van der Waals surface area contributed by atoms with Gasteiger partial charge in [-0.2, -0.15) is 0 Å². The van der Waals surface area contributed by atoms with Crippen LogP contribution in [0.3, 0.4) is 0 Å². The number of nitrogens with zero attached hydrogens (tertiary/aromatic N) is 2. The standard InChI is InChI=1S/C14H12N2O3S/c1-3-5-15-7-9-6-10-12(17)11(14(18)19)8-16(4-2)13(10)20-9/h1,6-8H,4-5H2,2H3,(H,18,19). The van der Waals surface area contributed by atoms with Gasteiger partial charge in [0.1, 0.15) is 10.4 Å². The molecular weight excluding hydrogens is 276 g/mol. The number of thiophene rings is 1. The maximum Gasteiger partial charge on any atom is 0.341 e. The van der Waals surface area contributed by atoms with Gasteiger partial charge in [0.2, 0.25) is 5.43 Å². The molecule has 1 N–H and O–H groups in total. The van der Waals surface area contributed by atoms with Crippen LogP contribution >= 0.6 is 11.3 Å². The van der Waals surface area contributed by atoms with Crippen LogP contribution in [-0.2, 0) is 6.54 Å². The van der Waals surface area contributed by atoms with E-state index >= 15 is 0 Å². The Balaban J connectivity index is 2.67. The van der Waals surface area contributed by atoms with Crippen LogP contribution in [-0.4, -0.2) is 28.4 Å². The Morgan fingerprint density at radius 1 is 1.65 bits per heavy atom. The first-order valence-corrected chi connectivity index (χ1v) is 6.73. The molecule has 5 nitrogen and oxygen atoms in total. The highest BCUT2D eigenvalue weighted by Crippen LogP contribution is 2.23. The monoisotopic (exact) mass is 288 g/mol. The number of aromatic nitrogens is 1. The summed E-state index contributed by atoms with van der Waals surface area (Å²) >= 11 is 1.39. The van der Waals surface area contributed by atoms with Gasteiger partial charge in [0, 0.05) is 23.8 Å². The highest BCUT2D eigenvalue weighted by molar-refractivity contribution is 7.20. The van der Waals surface area contributed by atoms with Crippen LogP contribution in [0.1, 0.15) is 22.2 Å². The Bertz CT molecular complexity index is 793. The number of aromatic carboxylic acids is 1. The number of carboxylic acid groups (broad SMARTS) is 1. The highest BCUT2D eigenvalue weighted by Gasteiger charge is 2.16. The average Bonchev–Trinajstić information content (AvgIpc) is 2.84. The van der Waals surface area contributed by atoms with Crippen LogP contribution in [0.15, 0.2) is 22.1 Å². The first kappa shape index (κ1) is 14.0. The van der Waals surface area contributed by atoms with Crippen molar-refractivity contribution in [3.05, 3.63) is 32.9 Å². The molecule has 0 fully saturated rings. The third-order valence-corrected chi connectivity index (χ3v) is 3.85. The zero-order chi connectivity index (χ0) is 14.7. The highest BCUT2D eigenvalue weighted by atomic mass is 32.1. The average molecular weight is 288 g/mol. The van der Waals surface area contributed by atoms with E-state index in [0.29, 0.717) is 11.9 Å². The van der Waals surface area contributed by atoms with Crippen LogP contribution in [0.5, 0.6) is 0 Å². The predicted molar refractivity (Wildman–Crippen MR) is 80.0 cm³/mol. The minimum atomic E-state index is -1.21. The molecule has 2 rings (SSSR count). The van der Waals surface area contributed by atoms with E-state index in [4.69, 9.17) is 11.5 Å². The van der Waals surface area contributed by atoms with Crippen molar-refractivity contribution in [1.29, 1.82) is 0 Å². The van der Waals surface area contributed by atoms with Crippen molar-refractivity contribution in [2.45, 2.75) is 13.5 Å². The lowest BCUT2D eigenvalue weighted by atomic mass is 10.2. The molecule has 2 aromatic rings. The molecule has 0 unspecified atom stereocenters. The third kappa shape index (κ3) is 2.49. The molecule has 0 aliphatic heterocycles. The normalized spacial score (nSPS) is 11.0. The predicted octanol–water partition coefficient (Wildman–Crippen LogP) is 1.83. The molecule has 0 aliphatic rings. The molecule has 0 saturated carbocycles. The maximum absolute atomic E-state index is 12.1. The van der Waals surface area contributed by atoms with Gasteiger partial charge in [-0.25, -0.2) is 4.79 Å². The van der Waals surface area contributed by atoms with Crippen molar-refractivity contribution in [3.8, 4) is 12.3 Å². The summed E-state index contributed by atoms with van der Waals surface area (Å²) in [5.74, 6) is 1.18. The van der Waals surface area contributed by atoms with Crippen LogP contribution in [0.2, 0.25) is 0 Å². The molecule has 0 bridgehead atoms. The zero-order valence-corrected chi connectivity index (χ0v) is 11.6. The summed E-state index contributed by atoms with van der Waals surface area (Å²) in [6.07, 6.45) is 8.09. The molecule has 0 saturated heterocycles. The number of fused-ring (bicyclic) bond motifs is 1. The van der Waals surface area contributed by atoms with Crippen molar-refractivity contribution in [2.75, 3.05) is 6.54 Å². The second kappa shape index (κ2) is 5.72. The van der Waals surface area contributed by atoms with E-state index in [1.165, 1.54) is 17.5 Å². The van der Waals surface area contributed by atoms with Crippen molar-refractivity contribution >= 4 is 33.7 Å². The van der Waals surface area contributed by atoms with E-state index in [2.05, 4.69) is 10.9 Å². The van der Waals surface area contributed by atoms with Gasteiger partial charge in [0.25, 0.3) is 0 Å². The van der Waals surface area contributed by atoms with E-state index < -0.39 is 11.4 Å². The fourth-order valence-electron chi connectivity index (χ4n) is 1.83. The Kier molecular flexibility index (Phi) is 4.01. The summed E-state index contributed by atoms with van der Waals surface area (Å²) in [5, 5.41) is 9.47. The molecule has 2 aromatic heterocycles. The molecule has 6 heteroatoms. The maximum atomic E-state index is 12.1. The van der Waals surface area contributed by atoms with Crippen molar-refractivity contribution < 1.29 is 9.90 Å². The van der Waals surface area contributed by atoms with E-state index in [1.54, 1.807) is 16.8 Å². The Morgan fingerprint density at radius 3 is 3.00 bits per heavy atom. The molecule has 20 heavy (non-hydrogen) atoms. The molecule has 0 aliphatic carbocycles. The summed E-state index contributed by atoms with van der Waals surface area (Å²) in [6, 6.07) is 1.65. The van der Waals surface area contributed by atoms with E-state index in [9.17, 15) is 9.59 Å². The van der Waals surface area contributed by atoms with Gasteiger partial charge in [0.15, 0.2) is 0 Å². The Labute approximate surface area is 119 Å². The summed E-state index contributed by atoms with van der Waals surface area (Å²) < 4.78 is 1.75. The molecule has 0 aromatic carbocycles. The molecule has 2 heterocycles. The van der Waals surface area contributed by atoms with Crippen molar-refractivity contribution in [2.24, 2.45) is 4.99 Å². The lowest BCUT2D eigenvalue weighted by Crippen LogP contribution is -2.17. The van der Waals surface area contributed by atoms with E-state index in [1.807, 2.05) is 6.92 Å². The van der Waals surface area contributed by atoms with Gasteiger partial charge >= 0.3 is 5.97 Å². The van der Waals surface area contributed by atoms with Crippen LogP contribution in [0.25, 0.3) is 10.2 Å². The fourth-order valence-corrected chi connectivity index (χ4v) is 2.92. The second-order valence-corrected chi connectivity index (χ2v) is 5.07. The number of aryl methyl sites for hydroxylation is 1. The first-order chi connectivity index (χ1) is 9.58. The number of hydrogen-bond acceptors (Lipinski definition) is 4. The van der Waals surface area contributed by atoms with Crippen LogP contribution in [0, 0.1) is 12.3 Å². The number of hydrogen-bond donors (Lipinski definition) is 1. The molecule has 0 atom stereocenters. The minimum Gasteiger partial charge on any atom is -0.477 e.